The number of nitro benzene ring substituents is 1. The van der Waals surface area contributed by atoms with Crippen LogP contribution in [0.15, 0.2) is 12.1 Å². The molecule has 7 nitrogen and oxygen atoms in total. The van der Waals surface area contributed by atoms with E-state index in [1.807, 2.05) is 13.8 Å². The van der Waals surface area contributed by atoms with Crippen molar-refractivity contribution in [2.45, 2.75) is 32.7 Å². The Hall–Kier alpha value is -2.22. The van der Waals surface area contributed by atoms with Crippen LogP contribution >= 0.6 is 0 Å². The minimum atomic E-state index is -0.890. The van der Waals surface area contributed by atoms with Crippen LogP contribution in [0.3, 0.4) is 0 Å². The van der Waals surface area contributed by atoms with Gasteiger partial charge in [-0.3, -0.25) is 20.8 Å². The van der Waals surface area contributed by atoms with Gasteiger partial charge in [0.05, 0.1) is 16.7 Å². The normalized spacial score (nSPS) is 10.4. The number of carbonyl (C=O) groups is 1. The zero-order valence-corrected chi connectivity index (χ0v) is 11.3. The third kappa shape index (κ3) is 3.41. The number of rotatable bonds is 6. The summed E-state index contributed by atoms with van der Waals surface area (Å²) in [5, 5.41) is 13.6. The summed E-state index contributed by atoms with van der Waals surface area (Å²) in [5.41, 5.74) is 1.07. The van der Waals surface area contributed by atoms with E-state index in [1.54, 1.807) is 0 Å². The van der Waals surface area contributed by atoms with E-state index in [1.165, 1.54) is 0 Å². The molecule has 8 heteroatoms. The number of hydrazine groups is 1. The molecular formula is C12H17FN4O3. The third-order valence-corrected chi connectivity index (χ3v) is 3.00. The summed E-state index contributed by atoms with van der Waals surface area (Å²) in [6.45, 7) is 3.78. The van der Waals surface area contributed by atoms with Gasteiger partial charge in [0.25, 0.3) is 11.6 Å². The van der Waals surface area contributed by atoms with E-state index in [9.17, 15) is 19.3 Å². The Labute approximate surface area is 115 Å². The van der Waals surface area contributed by atoms with Crippen molar-refractivity contribution in [3.8, 4) is 0 Å². The molecule has 0 aliphatic heterocycles. The van der Waals surface area contributed by atoms with Crippen molar-refractivity contribution in [1.29, 1.82) is 0 Å². The van der Waals surface area contributed by atoms with Gasteiger partial charge in [-0.25, -0.2) is 4.39 Å². The molecule has 0 aliphatic rings. The average molecular weight is 284 g/mol. The van der Waals surface area contributed by atoms with Gasteiger partial charge in [0.1, 0.15) is 5.56 Å². The predicted octanol–water partition coefficient (Wildman–Crippen LogP) is 1.94. The molecular weight excluding hydrogens is 267 g/mol. The second-order valence-electron chi connectivity index (χ2n) is 4.24. The topological polar surface area (TPSA) is 110 Å². The second-order valence-corrected chi connectivity index (χ2v) is 4.24. The SMILES string of the molecule is CCC(CC)NC(=O)c1cc(NN)c(F)cc1[N+](=O)[O-]. The first-order valence-electron chi connectivity index (χ1n) is 6.19. The highest BCUT2D eigenvalue weighted by atomic mass is 19.1. The highest BCUT2D eigenvalue weighted by Crippen LogP contribution is 2.25. The standard InChI is InChI=1S/C12H17FN4O3/c1-3-7(4-2)15-12(18)8-5-10(16-14)9(13)6-11(8)17(19)20/h5-7,16H,3-4,14H2,1-2H3,(H,15,18). The van der Waals surface area contributed by atoms with Crippen LogP contribution in [0.1, 0.15) is 37.0 Å². The fourth-order valence-corrected chi connectivity index (χ4v) is 1.76. The molecule has 1 amide bonds. The van der Waals surface area contributed by atoms with E-state index in [4.69, 9.17) is 5.84 Å². The van der Waals surface area contributed by atoms with E-state index in [0.29, 0.717) is 18.9 Å². The highest BCUT2D eigenvalue weighted by molar-refractivity contribution is 5.99. The van der Waals surface area contributed by atoms with Crippen molar-refractivity contribution in [2.24, 2.45) is 5.84 Å². The van der Waals surface area contributed by atoms with Crippen molar-refractivity contribution in [1.82, 2.24) is 5.32 Å². The van der Waals surface area contributed by atoms with E-state index >= 15 is 0 Å². The molecule has 0 aliphatic carbocycles. The van der Waals surface area contributed by atoms with Crippen molar-refractivity contribution >= 4 is 17.3 Å². The molecule has 1 aromatic rings. The number of hydrogen-bond acceptors (Lipinski definition) is 5. The van der Waals surface area contributed by atoms with Gasteiger partial charge in [0, 0.05) is 6.04 Å². The molecule has 0 saturated carbocycles. The molecule has 0 atom stereocenters. The molecule has 0 bridgehead atoms. The Balaban J connectivity index is 3.20. The summed E-state index contributed by atoms with van der Waals surface area (Å²) in [5.74, 6) is 3.59. The molecule has 0 radical (unpaired) electrons. The van der Waals surface area contributed by atoms with Gasteiger partial charge in [0.2, 0.25) is 0 Å². The predicted molar refractivity (Wildman–Crippen MR) is 72.7 cm³/mol. The minimum Gasteiger partial charge on any atom is -0.349 e. The number of nitrogens with one attached hydrogen (secondary N) is 2. The summed E-state index contributed by atoms with van der Waals surface area (Å²) in [6.07, 6.45) is 1.39. The number of nitrogens with two attached hydrogens (primary N) is 1. The maximum atomic E-state index is 13.5. The van der Waals surface area contributed by atoms with Crippen molar-refractivity contribution in [3.05, 3.63) is 33.6 Å². The molecule has 0 fully saturated rings. The average Bonchev–Trinajstić information content (AvgIpc) is 2.43. The van der Waals surface area contributed by atoms with E-state index in [2.05, 4.69) is 10.7 Å². The molecule has 0 spiro atoms. The smallest absolute Gasteiger partial charge is 0.285 e. The van der Waals surface area contributed by atoms with Crippen LogP contribution in [0.4, 0.5) is 15.8 Å². The van der Waals surface area contributed by atoms with Crippen molar-refractivity contribution in [2.75, 3.05) is 5.43 Å². The Morgan fingerprint density at radius 2 is 2.05 bits per heavy atom. The number of nitrogen functional groups attached to an aromatic ring is 1. The molecule has 0 unspecified atom stereocenters. The zero-order valence-electron chi connectivity index (χ0n) is 11.3. The molecule has 110 valence electrons. The van der Waals surface area contributed by atoms with Crippen LogP contribution < -0.4 is 16.6 Å². The Bertz CT molecular complexity index is 518. The molecule has 1 rings (SSSR count). The molecule has 0 heterocycles. The van der Waals surface area contributed by atoms with Crippen LogP contribution in [-0.4, -0.2) is 16.9 Å². The first kappa shape index (κ1) is 15.8. The summed E-state index contributed by atoms with van der Waals surface area (Å²) >= 11 is 0. The van der Waals surface area contributed by atoms with Gasteiger partial charge < -0.3 is 10.7 Å². The molecule has 20 heavy (non-hydrogen) atoms. The maximum absolute atomic E-state index is 13.5. The molecule has 1 aromatic carbocycles. The lowest BCUT2D eigenvalue weighted by atomic mass is 10.1. The summed E-state index contributed by atoms with van der Waals surface area (Å²) in [4.78, 5) is 22.2. The van der Waals surface area contributed by atoms with Gasteiger partial charge >= 0.3 is 0 Å². The number of amides is 1. The fraction of sp³-hybridized carbons (Fsp3) is 0.417. The molecule has 4 N–H and O–H groups in total. The van der Waals surface area contributed by atoms with Crippen molar-refractivity contribution in [3.63, 3.8) is 0 Å². The Morgan fingerprint density at radius 1 is 1.45 bits per heavy atom. The summed E-state index contributed by atoms with van der Waals surface area (Å²) < 4.78 is 13.5. The number of hydrogen-bond donors (Lipinski definition) is 3. The van der Waals surface area contributed by atoms with Crippen LogP contribution in [0, 0.1) is 15.9 Å². The number of anilines is 1. The number of benzene rings is 1. The molecule has 0 saturated heterocycles. The summed E-state index contributed by atoms with van der Waals surface area (Å²) in [6, 6.07) is 1.61. The Morgan fingerprint density at radius 3 is 2.50 bits per heavy atom. The first-order chi connectivity index (χ1) is 9.44. The largest absolute Gasteiger partial charge is 0.349 e. The zero-order chi connectivity index (χ0) is 15.3. The number of halogens is 1. The van der Waals surface area contributed by atoms with Gasteiger partial charge in [-0.05, 0) is 18.9 Å². The van der Waals surface area contributed by atoms with E-state index in [0.717, 1.165) is 6.07 Å². The second kappa shape index (κ2) is 6.80. The van der Waals surface area contributed by atoms with Crippen LogP contribution in [-0.2, 0) is 0 Å². The number of nitro groups is 1. The van der Waals surface area contributed by atoms with E-state index in [-0.39, 0.29) is 17.3 Å². The Kier molecular flexibility index (Phi) is 5.39. The van der Waals surface area contributed by atoms with Crippen LogP contribution in [0.25, 0.3) is 0 Å². The van der Waals surface area contributed by atoms with Gasteiger partial charge in [0.15, 0.2) is 5.82 Å². The van der Waals surface area contributed by atoms with E-state index < -0.39 is 22.3 Å². The maximum Gasteiger partial charge on any atom is 0.285 e. The van der Waals surface area contributed by atoms with Crippen LogP contribution in [0.2, 0.25) is 0 Å². The number of carbonyl (C=O) groups excluding carboxylic acids is 1. The fourth-order valence-electron chi connectivity index (χ4n) is 1.76. The van der Waals surface area contributed by atoms with Crippen LogP contribution in [0.5, 0.6) is 0 Å². The number of nitrogens with zero attached hydrogens (tertiary/aromatic N) is 1. The monoisotopic (exact) mass is 284 g/mol. The van der Waals surface area contributed by atoms with Gasteiger partial charge in [-0.15, -0.1) is 0 Å². The third-order valence-electron chi connectivity index (χ3n) is 3.00. The highest BCUT2D eigenvalue weighted by Gasteiger charge is 2.24. The lowest BCUT2D eigenvalue weighted by Crippen LogP contribution is -2.34. The van der Waals surface area contributed by atoms with Gasteiger partial charge in [-0.1, -0.05) is 13.8 Å². The first-order valence-corrected chi connectivity index (χ1v) is 6.19. The molecule has 0 aromatic heterocycles. The van der Waals surface area contributed by atoms with Crippen molar-refractivity contribution < 1.29 is 14.1 Å². The van der Waals surface area contributed by atoms with Gasteiger partial charge in [-0.2, -0.15) is 0 Å². The minimum absolute atomic E-state index is 0.0959. The quantitative estimate of drug-likeness (QED) is 0.420. The summed E-state index contributed by atoms with van der Waals surface area (Å²) in [7, 11) is 0. The lowest BCUT2D eigenvalue weighted by molar-refractivity contribution is -0.385. The lowest BCUT2D eigenvalue weighted by Gasteiger charge is -2.15.